The second-order valence-corrected chi connectivity index (χ2v) is 3.64. The number of benzene rings is 1. The maximum atomic E-state index is 5.81. The maximum Gasteiger partial charge on any atom is 0.161 e. The SMILES string of the molecule is COc1ccccc1OCC(Cl)CCl. The molecular weight excluding hydrogens is 223 g/mol. The lowest BCUT2D eigenvalue weighted by Gasteiger charge is -2.11. The second-order valence-electron chi connectivity index (χ2n) is 2.71. The predicted octanol–water partition coefficient (Wildman–Crippen LogP) is 2.92. The van der Waals surface area contributed by atoms with E-state index in [4.69, 9.17) is 32.7 Å². The van der Waals surface area contributed by atoms with Crippen LogP contribution >= 0.6 is 23.2 Å². The van der Waals surface area contributed by atoms with Crippen molar-refractivity contribution >= 4 is 23.2 Å². The van der Waals surface area contributed by atoms with Crippen LogP contribution < -0.4 is 9.47 Å². The number of methoxy groups -OCH3 is 1. The minimum absolute atomic E-state index is 0.179. The van der Waals surface area contributed by atoms with Gasteiger partial charge in [0.25, 0.3) is 0 Å². The Hall–Kier alpha value is -0.600. The summed E-state index contributed by atoms with van der Waals surface area (Å²) in [5.41, 5.74) is 0. The molecule has 1 aromatic rings. The number of halogens is 2. The van der Waals surface area contributed by atoms with E-state index in [1.807, 2.05) is 24.3 Å². The Labute approximate surface area is 93.7 Å². The van der Waals surface area contributed by atoms with Crippen LogP contribution in [0, 0.1) is 0 Å². The van der Waals surface area contributed by atoms with Crippen LogP contribution in [-0.2, 0) is 0 Å². The summed E-state index contributed by atoms with van der Waals surface area (Å²) in [6.07, 6.45) is 0. The first-order valence-corrected chi connectivity index (χ1v) is 5.21. The van der Waals surface area contributed by atoms with Crippen molar-refractivity contribution in [3.8, 4) is 11.5 Å². The molecule has 1 aromatic carbocycles. The van der Waals surface area contributed by atoms with Crippen LogP contribution in [0.1, 0.15) is 0 Å². The summed E-state index contributed by atoms with van der Waals surface area (Å²) in [5.74, 6) is 1.76. The summed E-state index contributed by atoms with van der Waals surface area (Å²) < 4.78 is 10.5. The molecule has 0 radical (unpaired) electrons. The van der Waals surface area contributed by atoms with Gasteiger partial charge >= 0.3 is 0 Å². The van der Waals surface area contributed by atoms with E-state index in [1.54, 1.807) is 7.11 Å². The Morgan fingerprint density at radius 2 is 1.93 bits per heavy atom. The van der Waals surface area contributed by atoms with Crippen molar-refractivity contribution < 1.29 is 9.47 Å². The molecule has 0 spiro atoms. The van der Waals surface area contributed by atoms with E-state index in [9.17, 15) is 0 Å². The lowest BCUT2D eigenvalue weighted by molar-refractivity contribution is 0.297. The summed E-state index contributed by atoms with van der Waals surface area (Å²) in [7, 11) is 1.60. The van der Waals surface area contributed by atoms with Gasteiger partial charge in [0, 0.05) is 5.88 Å². The molecule has 0 bridgehead atoms. The van der Waals surface area contributed by atoms with Crippen LogP contribution in [0.3, 0.4) is 0 Å². The van der Waals surface area contributed by atoms with Crippen molar-refractivity contribution in [2.75, 3.05) is 19.6 Å². The van der Waals surface area contributed by atoms with Gasteiger partial charge in [0.2, 0.25) is 0 Å². The normalized spacial score (nSPS) is 12.2. The van der Waals surface area contributed by atoms with E-state index in [1.165, 1.54) is 0 Å². The summed E-state index contributed by atoms with van der Waals surface area (Å²) in [6.45, 7) is 0.380. The molecule has 0 aliphatic carbocycles. The van der Waals surface area contributed by atoms with E-state index >= 15 is 0 Å². The summed E-state index contributed by atoms with van der Waals surface area (Å²) >= 11 is 11.4. The second kappa shape index (κ2) is 5.99. The third kappa shape index (κ3) is 3.28. The van der Waals surface area contributed by atoms with Crippen molar-refractivity contribution in [1.82, 2.24) is 0 Å². The number of para-hydroxylation sites is 2. The van der Waals surface area contributed by atoms with Crippen LogP contribution in [0.15, 0.2) is 24.3 Å². The Kier molecular flexibility index (Phi) is 4.91. The highest BCUT2D eigenvalue weighted by Gasteiger charge is 2.06. The fourth-order valence-electron chi connectivity index (χ4n) is 0.963. The number of rotatable bonds is 5. The average Bonchev–Trinajstić information content (AvgIpc) is 2.26. The molecule has 0 saturated heterocycles. The average molecular weight is 235 g/mol. The third-order valence-corrected chi connectivity index (χ3v) is 2.47. The molecule has 0 fully saturated rings. The van der Waals surface area contributed by atoms with Crippen LogP contribution in [0.4, 0.5) is 0 Å². The zero-order chi connectivity index (χ0) is 10.4. The zero-order valence-corrected chi connectivity index (χ0v) is 9.39. The minimum Gasteiger partial charge on any atom is -0.493 e. The van der Waals surface area contributed by atoms with E-state index < -0.39 is 0 Å². The summed E-state index contributed by atoms with van der Waals surface area (Å²) in [6, 6.07) is 7.42. The summed E-state index contributed by atoms with van der Waals surface area (Å²) in [4.78, 5) is 0. The molecule has 0 amide bonds. The first-order chi connectivity index (χ1) is 6.77. The molecule has 0 aliphatic heterocycles. The van der Waals surface area contributed by atoms with Gasteiger partial charge in [0.15, 0.2) is 11.5 Å². The highest BCUT2D eigenvalue weighted by atomic mass is 35.5. The fraction of sp³-hybridized carbons (Fsp3) is 0.400. The Bertz CT molecular complexity index is 279. The molecule has 0 heterocycles. The van der Waals surface area contributed by atoms with Gasteiger partial charge in [-0.15, -0.1) is 23.2 Å². The highest BCUT2D eigenvalue weighted by Crippen LogP contribution is 2.26. The topological polar surface area (TPSA) is 18.5 Å². The van der Waals surface area contributed by atoms with E-state index in [-0.39, 0.29) is 5.38 Å². The van der Waals surface area contributed by atoms with Crippen LogP contribution in [-0.4, -0.2) is 25.0 Å². The van der Waals surface area contributed by atoms with Crippen molar-refractivity contribution in [2.45, 2.75) is 5.38 Å². The number of hydrogen-bond acceptors (Lipinski definition) is 2. The number of alkyl halides is 2. The summed E-state index contributed by atoms with van der Waals surface area (Å²) in [5, 5.41) is -0.179. The van der Waals surface area contributed by atoms with Crippen molar-refractivity contribution in [1.29, 1.82) is 0 Å². The molecule has 1 rings (SSSR count). The molecule has 0 aliphatic rings. The fourth-order valence-corrected chi connectivity index (χ4v) is 1.11. The van der Waals surface area contributed by atoms with Crippen LogP contribution in [0.25, 0.3) is 0 Å². The first-order valence-electron chi connectivity index (χ1n) is 4.23. The molecule has 0 N–H and O–H groups in total. The largest absolute Gasteiger partial charge is 0.493 e. The van der Waals surface area contributed by atoms with Crippen LogP contribution in [0.5, 0.6) is 11.5 Å². The highest BCUT2D eigenvalue weighted by molar-refractivity contribution is 6.28. The molecule has 1 unspecified atom stereocenters. The molecule has 78 valence electrons. The monoisotopic (exact) mass is 234 g/mol. The number of hydrogen-bond donors (Lipinski definition) is 0. The Morgan fingerprint density at radius 3 is 2.50 bits per heavy atom. The molecule has 4 heteroatoms. The van der Waals surface area contributed by atoms with Crippen molar-refractivity contribution in [3.05, 3.63) is 24.3 Å². The van der Waals surface area contributed by atoms with Gasteiger partial charge in [-0.3, -0.25) is 0 Å². The lowest BCUT2D eigenvalue weighted by Crippen LogP contribution is -2.13. The minimum atomic E-state index is -0.179. The lowest BCUT2D eigenvalue weighted by atomic mass is 10.3. The van der Waals surface area contributed by atoms with Gasteiger partial charge in [0.1, 0.15) is 6.61 Å². The maximum absolute atomic E-state index is 5.81. The Morgan fingerprint density at radius 1 is 1.29 bits per heavy atom. The quantitative estimate of drug-likeness (QED) is 0.730. The van der Waals surface area contributed by atoms with Gasteiger partial charge in [-0.1, -0.05) is 12.1 Å². The molecule has 14 heavy (non-hydrogen) atoms. The zero-order valence-electron chi connectivity index (χ0n) is 7.87. The standard InChI is InChI=1S/C10H12Cl2O2/c1-13-9-4-2-3-5-10(9)14-7-8(12)6-11/h2-5,8H,6-7H2,1H3. The van der Waals surface area contributed by atoms with Crippen molar-refractivity contribution in [3.63, 3.8) is 0 Å². The Balaban J connectivity index is 2.57. The van der Waals surface area contributed by atoms with Crippen LogP contribution in [0.2, 0.25) is 0 Å². The first kappa shape index (κ1) is 11.5. The third-order valence-electron chi connectivity index (χ3n) is 1.66. The van der Waals surface area contributed by atoms with Gasteiger partial charge in [-0.25, -0.2) is 0 Å². The van der Waals surface area contributed by atoms with E-state index in [2.05, 4.69) is 0 Å². The number of ether oxygens (including phenoxy) is 2. The molecular formula is C10H12Cl2O2. The van der Waals surface area contributed by atoms with Gasteiger partial charge in [0.05, 0.1) is 12.5 Å². The molecule has 0 aromatic heterocycles. The molecule has 0 saturated carbocycles. The smallest absolute Gasteiger partial charge is 0.161 e. The molecule has 2 nitrogen and oxygen atoms in total. The van der Waals surface area contributed by atoms with Crippen molar-refractivity contribution in [2.24, 2.45) is 0 Å². The predicted molar refractivity (Wildman–Crippen MR) is 58.9 cm³/mol. The van der Waals surface area contributed by atoms with Gasteiger partial charge < -0.3 is 9.47 Å². The van der Waals surface area contributed by atoms with Gasteiger partial charge in [-0.05, 0) is 12.1 Å². The van der Waals surface area contributed by atoms with E-state index in [0.29, 0.717) is 24.0 Å². The molecule has 1 atom stereocenters. The van der Waals surface area contributed by atoms with Gasteiger partial charge in [-0.2, -0.15) is 0 Å². The van der Waals surface area contributed by atoms with E-state index in [0.717, 1.165) is 0 Å².